The average molecular weight is 292 g/mol. The Bertz CT molecular complexity index is 586. The molecule has 1 aromatic rings. The number of carbonyl (C=O) groups is 2. The van der Waals surface area contributed by atoms with Gasteiger partial charge in [-0.1, -0.05) is 0 Å². The van der Waals surface area contributed by atoms with E-state index < -0.39 is 6.03 Å². The van der Waals surface area contributed by atoms with Gasteiger partial charge in [0.25, 0.3) is 0 Å². The van der Waals surface area contributed by atoms with E-state index in [-0.39, 0.29) is 12.3 Å². The topological polar surface area (TPSA) is 115 Å². The van der Waals surface area contributed by atoms with E-state index in [4.69, 9.17) is 15.2 Å². The molecule has 0 saturated heterocycles. The molecule has 4 N–H and O–H groups in total. The third kappa shape index (κ3) is 4.37. The van der Waals surface area contributed by atoms with Crippen LogP contribution in [-0.4, -0.2) is 30.9 Å². The number of nitrogens with one attached hydrogen (secondary N) is 2. The molecule has 0 saturated carbocycles. The number of fused-ring (bicyclic) bond motifs is 1. The summed E-state index contributed by atoms with van der Waals surface area (Å²) >= 11 is 0. The lowest BCUT2D eigenvalue weighted by Gasteiger charge is -2.19. The maximum Gasteiger partial charge on any atom is 0.332 e. The summed E-state index contributed by atoms with van der Waals surface area (Å²) < 4.78 is 10.8. The standard InChI is InChI=1S/C13H16N4O4/c1-8(16-17-13(14)19)6-12(18)15-9-2-3-10-11(7-9)21-5-4-20-10/h2-3,7H,4-6H2,1H3,(H,15,18)(H3,14,17,19). The molecule has 0 aliphatic carbocycles. The van der Waals surface area contributed by atoms with Gasteiger partial charge < -0.3 is 20.5 Å². The molecule has 8 heteroatoms. The highest BCUT2D eigenvalue weighted by atomic mass is 16.6. The maximum atomic E-state index is 11.8. The number of benzene rings is 1. The SMILES string of the molecule is CC(CC(=O)Nc1ccc2c(c1)OCCO2)=NNC(N)=O. The average Bonchev–Trinajstić information content (AvgIpc) is 2.45. The molecule has 8 nitrogen and oxygen atoms in total. The Hall–Kier alpha value is -2.77. The normalized spacial score (nSPS) is 13.5. The zero-order valence-electron chi connectivity index (χ0n) is 11.5. The van der Waals surface area contributed by atoms with E-state index in [0.717, 1.165) is 0 Å². The zero-order valence-corrected chi connectivity index (χ0v) is 11.5. The van der Waals surface area contributed by atoms with Crippen LogP contribution in [0, 0.1) is 0 Å². The van der Waals surface area contributed by atoms with Crippen molar-refractivity contribution in [1.29, 1.82) is 0 Å². The van der Waals surface area contributed by atoms with Gasteiger partial charge in [-0.05, 0) is 19.1 Å². The molecule has 1 aromatic carbocycles. The van der Waals surface area contributed by atoms with Crippen LogP contribution in [0.1, 0.15) is 13.3 Å². The molecule has 1 aliphatic heterocycles. The largest absolute Gasteiger partial charge is 0.486 e. The summed E-state index contributed by atoms with van der Waals surface area (Å²) in [6, 6.07) is 4.38. The molecule has 2 rings (SSSR count). The Morgan fingerprint density at radius 2 is 2.00 bits per heavy atom. The summed E-state index contributed by atoms with van der Waals surface area (Å²) in [5.74, 6) is 0.988. The number of hydrazone groups is 1. The second-order valence-electron chi connectivity index (χ2n) is 4.41. The molecule has 0 radical (unpaired) electrons. The number of nitrogens with zero attached hydrogens (tertiary/aromatic N) is 1. The fourth-order valence-electron chi connectivity index (χ4n) is 1.75. The number of ether oxygens (including phenoxy) is 2. The monoisotopic (exact) mass is 292 g/mol. The number of primary amides is 1. The third-order valence-electron chi connectivity index (χ3n) is 2.60. The Morgan fingerprint density at radius 1 is 1.29 bits per heavy atom. The van der Waals surface area contributed by atoms with Gasteiger partial charge in [0.1, 0.15) is 13.2 Å². The van der Waals surface area contributed by atoms with Crippen LogP contribution in [0.25, 0.3) is 0 Å². The van der Waals surface area contributed by atoms with Gasteiger partial charge in [-0.15, -0.1) is 0 Å². The minimum absolute atomic E-state index is 0.0364. The highest BCUT2D eigenvalue weighted by Gasteiger charge is 2.13. The van der Waals surface area contributed by atoms with Crippen molar-refractivity contribution >= 4 is 23.3 Å². The molecule has 0 bridgehead atoms. The smallest absolute Gasteiger partial charge is 0.332 e. The van der Waals surface area contributed by atoms with Crippen LogP contribution >= 0.6 is 0 Å². The number of nitrogens with two attached hydrogens (primary N) is 1. The third-order valence-corrected chi connectivity index (χ3v) is 2.60. The van der Waals surface area contributed by atoms with E-state index in [0.29, 0.717) is 36.1 Å². The summed E-state index contributed by atoms with van der Waals surface area (Å²) in [4.78, 5) is 22.3. The molecular weight excluding hydrogens is 276 g/mol. The van der Waals surface area contributed by atoms with Gasteiger partial charge in [-0.25, -0.2) is 10.2 Å². The summed E-state index contributed by atoms with van der Waals surface area (Å²) in [7, 11) is 0. The van der Waals surface area contributed by atoms with Gasteiger partial charge >= 0.3 is 6.03 Å². The molecule has 0 fully saturated rings. The lowest BCUT2D eigenvalue weighted by atomic mass is 10.2. The highest BCUT2D eigenvalue weighted by molar-refractivity contribution is 6.05. The lowest BCUT2D eigenvalue weighted by molar-refractivity contribution is -0.115. The van der Waals surface area contributed by atoms with E-state index in [2.05, 4.69) is 15.8 Å². The minimum atomic E-state index is -0.776. The summed E-state index contributed by atoms with van der Waals surface area (Å²) in [5.41, 5.74) is 7.97. The van der Waals surface area contributed by atoms with Crippen molar-refractivity contribution < 1.29 is 19.1 Å². The van der Waals surface area contributed by atoms with E-state index in [9.17, 15) is 9.59 Å². The van der Waals surface area contributed by atoms with E-state index >= 15 is 0 Å². The molecule has 1 aliphatic rings. The fourth-order valence-corrected chi connectivity index (χ4v) is 1.75. The zero-order chi connectivity index (χ0) is 15.2. The predicted molar refractivity (Wildman–Crippen MR) is 76.5 cm³/mol. The number of hydrogen-bond donors (Lipinski definition) is 3. The number of urea groups is 1. The van der Waals surface area contributed by atoms with Gasteiger partial charge in [0.05, 0.1) is 6.42 Å². The van der Waals surface area contributed by atoms with Crippen molar-refractivity contribution in [2.75, 3.05) is 18.5 Å². The molecule has 21 heavy (non-hydrogen) atoms. The van der Waals surface area contributed by atoms with Gasteiger partial charge in [0, 0.05) is 17.5 Å². The lowest BCUT2D eigenvalue weighted by Crippen LogP contribution is -2.26. The quantitative estimate of drug-likeness (QED) is 0.563. The van der Waals surface area contributed by atoms with E-state index in [1.165, 1.54) is 0 Å². The van der Waals surface area contributed by atoms with Crippen molar-refractivity contribution in [2.45, 2.75) is 13.3 Å². The van der Waals surface area contributed by atoms with E-state index in [1.54, 1.807) is 25.1 Å². The molecule has 0 spiro atoms. The number of carbonyl (C=O) groups excluding carboxylic acids is 2. The molecular formula is C13H16N4O4. The molecule has 0 aromatic heterocycles. The van der Waals surface area contributed by atoms with Crippen molar-refractivity contribution in [3.8, 4) is 11.5 Å². The molecule has 0 atom stereocenters. The Labute approximate surface area is 121 Å². The van der Waals surface area contributed by atoms with Gasteiger partial charge in [0.2, 0.25) is 5.91 Å². The fraction of sp³-hybridized carbons (Fsp3) is 0.308. The molecule has 0 unspecified atom stereocenters. The number of anilines is 1. The van der Waals surface area contributed by atoms with E-state index in [1.807, 2.05) is 0 Å². The Balaban J connectivity index is 1.93. The Kier molecular flexibility index (Phi) is 4.60. The van der Waals surface area contributed by atoms with Crippen LogP contribution in [-0.2, 0) is 4.79 Å². The first kappa shape index (κ1) is 14.6. The van der Waals surface area contributed by atoms with Gasteiger partial charge in [-0.2, -0.15) is 5.10 Å². The van der Waals surface area contributed by atoms with Crippen LogP contribution in [0.2, 0.25) is 0 Å². The number of rotatable bonds is 4. The van der Waals surface area contributed by atoms with Crippen LogP contribution < -0.4 is 25.9 Å². The first-order valence-corrected chi connectivity index (χ1v) is 6.32. The van der Waals surface area contributed by atoms with Crippen LogP contribution in [0.3, 0.4) is 0 Å². The van der Waals surface area contributed by atoms with Crippen LogP contribution in [0.5, 0.6) is 11.5 Å². The minimum Gasteiger partial charge on any atom is -0.486 e. The first-order valence-electron chi connectivity index (χ1n) is 6.32. The molecule has 1 heterocycles. The number of hydrogen-bond acceptors (Lipinski definition) is 5. The van der Waals surface area contributed by atoms with Crippen molar-refractivity contribution in [3.05, 3.63) is 18.2 Å². The van der Waals surface area contributed by atoms with Crippen LogP contribution in [0.4, 0.5) is 10.5 Å². The number of amides is 3. The Morgan fingerprint density at radius 3 is 2.71 bits per heavy atom. The predicted octanol–water partition coefficient (Wildman–Crippen LogP) is 0.831. The molecule has 3 amide bonds. The molecule has 112 valence electrons. The summed E-state index contributed by atoms with van der Waals surface area (Å²) in [5, 5.41) is 6.37. The summed E-state index contributed by atoms with van der Waals surface area (Å²) in [6.45, 7) is 2.61. The van der Waals surface area contributed by atoms with Crippen LogP contribution in [0.15, 0.2) is 23.3 Å². The van der Waals surface area contributed by atoms with Crippen molar-refractivity contribution in [1.82, 2.24) is 5.43 Å². The second kappa shape index (κ2) is 6.60. The first-order chi connectivity index (χ1) is 10.0. The van der Waals surface area contributed by atoms with Gasteiger partial charge in [0.15, 0.2) is 11.5 Å². The highest BCUT2D eigenvalue weighted by Crippen LogP contribution is 2.32. The maximum absolute atomic E-state index is 11.8. The van der Waals surface area contributed by atoms with Crippen molar-refractivity contribution in [2.24, 2.45) is 10.8 Å². The van der Waals surface area contributed by atoms with Crippen molar-refractivity contribution in [3.63, 3.8) is 0 Å². The summed E-state index contributed by atoms with van der Waals surface area (Å²) in [6.07, 6.45) is 0.0364. The second-order valence-corrected chi connectivity index (χ2v) is 4.41. The van der Waals surface area contributed by atoms with Gasteiger partial charge in [-0.3, -0.25) is 4.79 Å².